The molecule has 0 bridgehead atoms. The Kier molecular flexibility index (Phi) is 4.25. The van der Waals surface area contributed by atoms with Crippen molar-refractivity contribution in [3.8, 4) is 11.8 Å². The van der Waals surface area contributed by atoms with Gasteiger partial charge in [0.1, 0.15) is 18.2 Å². The Hall–Kier alpha value is -2.38. The van der Waals surface area contributed by atoms with Crippen LogP contribution in [0.25, 0.3) is 0 Å². The van der Waals surface area contributed by atoms with Gasteiger partial charge >= 0.3 is 0 Å². The lowest BCUT2D eigenvalue weighted by Gasteiger charge is -2.18. The van der Waals surface area contributed by atoms with E-state index in [0.717, 1.165) is 5.56 Å². The van der Waals surface area contributed by atoms with E-state index in [0.29, 0.717) is 11.3 Å². The van der Waals surface area contributed by atoms with Crippen molar-refractivity contribution < 1.29 is 14.2 Å². The van der Waals surface area contributed by atoms with Gasteiger partial charge in [0.2, 0.25) is 0 Å². The minimum Gasteiger partial charge on any atom is -0.489 e. The van der Waals surface area contributed by atoms with Gasteiger partial charge in [-0.3, -0.25) is 0 Å². The van der Waals surface area contributed by atoms with E-state index < -0.39 is 11.4 Å². The van der Waals surface area contributed by atoms with E-state index >= 15 is 0 Å². The summed E-state index contributed by atoms with van der Waals surface area (Å²) in [5.41, 5.74) is 0.784. The predicted octanol–water partition coefficient (Wildman–Crippen LogP) is 3.50. The quantitative estimate of drug-likeness (QED) is 0.935. The van der Waals surface area contributed by atoms with E-state index in [9.17, 15) is 9.50 Å². The predicted molar refractivity (Wildman–Crippen MR) is 77.1 cm³/mol. The molecule has 0 saturated carbocycles. The minimum atomic E-state index is -0.899. The zero-order valence-electron chi connectivity index (χ0n) is 11.9. The lowest BCUT2D eigenvalue weighted by atomic mass is 9.99. The van der Waals surface area contributed by atoms with Gasteiger partial charge in [0.05, 0.1) is 17.2 Å². The van der Waals surface area contributed by atoms with Crippen LogP contribution in [0.2, 0.25) is 0 Å². The Balaban J connectivity index is 2.09. The van der Waals surface area contributed by atoms with Gasteiger partial charge < -0.3 is 9.84 Å². The largest absolute Gasteiger partial charge is 0.489 e. The lowest BCUT2D eigenvalue weighted by molar-refractivity contribution is 0.0785. The summed E-state index contributed by atoms with van der Waals surface area (Å²) in [4.78, 5) is 0. The van der Waals surface area contributed by atoms with Gasteiger partial charge in [-0.15, -0.1) is 0 Å². The molecule has 0 atom stereocenters. The fourth-order valence-electron chi connectivity index (χ4n) is 1.90. The molecule has 0 fully saturated rings. The third-order valence-corrected chi connectivity index (χ3v) is 3.15. The summed E-state index contributed by atoms with van der Waals surface area (Å²) in [6.07, 6.45) is 0. The number of benzene rings is 2. The Labute approximate surface area is 123 Å². The SMILES string of the molecule is CC(C)(O)c1ccc(OCc2ccc(F)cc2C#N)cc1. The second-order valence-electron chi connectivity index (χ2n) is 5.29. The van der Waals surface area contributed by atoms with Crippen molar-refractivity contribution >= 4 is 0 Å². The third-order valence-electron chi connectivity index (χ3n) is 3.15. The molecule has 108 valence electrons. The van der Waals surface area contributed by atoms with Crippen molar-refractivity contribution in [2.24, 2.45) is 0 Å². The van der Waals surface area contributed by atoms with Gasteiger partial charge in [0.15, 0.2) is 0 Å². The molecular formula is C17H16FNO2. The number of hydrogen-bond donors (Lipinski definition) is 1. The van der Waals surface area contributed by atoms with E-state index in [-0.39, 0.29) is 12.2 Å². The zero-order chi connectivity index (χ0) is 15.5. The van der Waals surface area contributed by atoms with Gasteiger partial charge in [-0.2, -0.15) is 5.26 Å². The average Bonchev–Trinajstić information content (AvgIpc) is 2.45. The van der Waals surface area contributed by atoms with Crippen molar-refractivity contribution in [1.29, 1.82) is 5.26 Å². The van der Waals surface area contributed by atoms with E-state index in [1.54, 1.807) is 44.2 Å². The summed E-state index contributed by atoms with van der Waals surface area (Å²) in [7, 11) is 0. The third kappa shape index (κ3) is 3.80. The molecule has 0 aromatic heterocycles. The van der Waals surface area contributed by atoms with Crippen molar-refractivity contribution in [3.05, 3.63) is 65.0 Å². The molecule has 0 radical (unpaired) electrons. The minimum absolute atomic E-state index is 0.186. The van der Waals surface area contributed by atoms with Crippen LogP contribution in [-0.2, 0) is 12.2 Å². The summed E-state index contributed by atoms with van der Waals surface area (Å²) in [5.74, 6) is 0.182. The molecule has 0 spiro atoms. The maximum absolute atomic E-state index is 13.0. The molecule has 1 N–H and O–H groups in total. The molecule has 2 aromatic rings. The smallest absolute Gasteiger partial charge is 0.124 e. The second-order valence-corrected chi connectivity index (χ2v) is 5.29. The number of rotatable bonds is 4. The highest BCUT2D eigenvalue weighted by Gasteiger charge is 2.15. The fraction of sp³-hybridized carbons (Fsp3) is 0.235. The van der Waals surface area contributed by atoms with E-state index in [2.05, 4.69) is 0 Å². The molecule has 0 amide bonds. The Bertz CT molecular complexity index is 667. The standard InChI is InChI=1S/C17H16FNO2/c1-17(2,20)14-4-7-16(8-5-14)21-11-12-3-6-15(18)9-13(12)10-19/h3-9,20H,11H2,1-2H3. The monoisotopic (exact) mass is 285 g/mol. The summed E-state index contributed by atoms with van der Waals surface area (Å²) < 4.78 is 18.6. The van der Waals surface area contributed by atoms with Gasteiger partial charge in [0, 0.05) is 5.56 Å². The number of aliphatic hydroxyl groups is 1. The first-order chi connectivity index (χ1) is 9.90. The summed E-state index contributed by atoms with van der Waals surface area (Å²) >= 11 is 0. The van der Waals surface area contributed by atoms with Crippen molar-refractivity contribution in [1.82, 2.24) is 0 Å². The molecule has 0 unspecified atom stereocenters. The number of hydrogen-bond acceptors (Lipinski definition) is 3. The number of nitrogens with zero attached hydrogens (tertiary/aromatic N) is 1. The molecule has 0 aliphatic carbocycles. The van der Waals surface area contributed by atoms with Crippen LogP contribution in [0.5, 0.6) is 5.75 Å². The zero-order valence-corrected chi connectivity index (χ0v) is 11.9. The van der Waals surface area contributed by atoms with E-state index in [1.807, 2.05) is 6.07 Å². The van der Waals surface area contributed by atoms with Gasteiger partial charge in [-0.05, 0) is 43.7 Å². The molecule has 0 aliphatic rings. The van der Waals surface area contributed by atoms with E-state index in [4.69, 9.17) is 10.00 Å². The number of ether oxygens (including phenoxy) is 1. The lowest BCUT2D eigenvalue weighted by Crippen LogP contribution is -2.14. The summed E-state index contributed by atoms with van der Waals surface area (Å²) in [6, 6.07) is 13.1. The van der Waals surface area contributed by atoms with Crippen LogP contribution in [-0.4, -0.2) is 5.11 Å². The molecule has 21 heavy (non-hydrogen) atoms. The molecule has 0 saturated heterocycles. The Morgan fingerprint density at radius 1 is 1.19 bits per heavy atom. The van der Waals surface area contributed by atoms with Crippen LogP contribution >= 0.6 is 0 Å². The first kappa shape index (κ1) is 15.0. The maximum atomic E-state index is 13.0. The summed E-state index contributed by atoms with van der Waals surface area (Å²) in [6.45, 7) is 3.60. The van der Waals surface area contributed by atoms with Crippen LogP contribution in [0.15, 0.2) is 42.5 Å². The highest BCUT2D eigenvalue weighted by molar-refractivity contribution is 5.38. The molecule has 0 heterocycles. The Morgan fingerprint density at radius 3 is 2.43 bits per heavy atom. The fourth-order valence-corrected chi connectivity index (χ4v) is 1.90. The number of halogens is 1. The first-order valence-corrected chi connectivity index (χ1v) is 6.54. The summed E-state index contributed by atoms with van der Waals surface area (Å²) in [5, 5.41) is 18.8. The molecule has 3 nitrogen and oxygen atoms in total. The van der Waals surface area contributed by atoms with Gasteiger partial charge in [-0.25, -0.2) is 4.39 Å². The second kappa shape index (κ2) is 5.94. The highest BCUT2D eigenvalue weighted by atomic mass is 19.1. The molecule has 2 aromatic carbocycles. The first-order valence-electron chi connectivity index (χ1n) is 6.54. The van der Waals surface area contributed by atoms with Crippen LogP contribution in [0.1, 0.15) is 30.5 Å². The van der Waals surface area contributed by atoms with Crippen LogP contribution in [0.3, 0.4) is 0 Å². The van der Waals surface area contributed by atoms with Gasteiger partial charge in [0.25, 0.3) is 0 Å². The number of nitriles is 1. The van der Waals surface area contributed by atoms with Crippen LogP contribution in [0, 0.1) is 17.1 Å². The molecular weight excluding hydrogens is 269 g/mol. The topological polar surface area (TPSA) is 53.2 Å². The average molecular weight is 285 g/mol. The van der Waals surface area contributed by atoms with Crippen molar-refractivity contribution in [3.63, 3.8) is 0 Å². The van der Waals surface area contributed by atoms with Crippen LogP contribution in [0.4, 0.5) is 4.39 Å². The molecule has 0 aliphatic heterocycles. The maximum Gasteiger partial charge on any atom is 0.124 e. The van der Waals surface area contributed by atoms with Crippen molar-refractivity contribution in [2.75, 3.05) is 0 Å². The van der Waals surface area contributed by atoms with Crippen LogP contribution < -0.4 is 4.74 Å². The highest BCUT2D eigenvalue weighted by Crippen LogP contribution is 2.23. The van der Waals surface area contributed by atoms with Gasteiger partial charge in [-0.1, -0.05) is 18.2 Å². The molecule has 4 heteroatoms. The van der Waals surface area contributed by atoms with E-state index in [1.165, 1.54) is 12.1 Å². The van der Waals surface area contributed by atoms with Crippen molar-refractivity contribution in [2.45, 2.75) is 26.1 Å². The Morgan fingerprint density at radius 2 is 1.86 bits per heavy atom. The normalized spacial score (nSPS) is 11.0. The molecule has 2 rings (SSSR count).